The minimum Gasteiger partial charge on any atom is -0.491 e. The number of rotatable bonds is 2. The van der Waals surface area contributed by atoms with E-state index in [9.17, 15) is 0 Å². The Morgan fingerprint density at radius 3 is 2.53 bits per heavy atom. The van der Waals surface area contributed by atoms with E-state index in [0.29, 0.717) is 11.8 Å². The second-order valence-electron chi connectivity index (χ2n) is 4.81. The normalized spacial score (nSPS) is 14.5. The van der Waals surface area contributed by atoms with Gasteiger partial charge in [0.25, 0.3) is 0 Å². The third kappa shape index (κ3) is 1.73. The van der Waals surface area contributed by atoms with Crippen LogP contribution in [0, 0.1) is 0 Å². The molecule has 2 rings (SSSR count). The summed E-state index contributed by atoms with van der Waals surface area (Å²) in [6.45, 7) is 9.58. The number of hydrogen-bond acceptors (Lipinski definition) is 2. The van der Waals surface area contributed by atoms with E-state index in [0.717, 1.165) is 24.5 Å². The van der Waals surface area contributed by atoms with E-state index in [1.54, 1.807) is 0 Å². The number of hydrogen-bond donors (Lipinski definition) is 0. The highest BCUT2D eigenvalue weighted by Gasteiger charge is 2.23. The lowest BCUT2D eigenvalue weighted by Gasteiger charge is -2.14. The Morgan fingerprint density at radius 2 is 1.93 bits per heavy atom. The molecule has 1 aliphatic rings. The van der Waals surface area contributed by atoms with Gasteiger partial charge in [-0.1, -0.05) is 27.7 Å². The van der Waals surface area contributed by atoms with Crippen LogP contribution in [-0.2, 0) is 6.42 Å². The number of ether oxygens (including phenoxy) is 1. The summed E-state index contributed by atoms with van der Waals surface area (Å²) < 4.78 is 5.72. The van der Waals surface area contributed by atoms with E-state index in [1.807, 2.05) is 6.20 Å². The average Bonchev–Trinajstić information content (AvgIpc) is 2.63. The molecule has 15 heavy (non-hydrogen) atoms. The van der Waals surface area contributed by atoms with Crippen LogP contribution in [0.1, 0.15) is 56.4 Å². The summed E-state index contributed by atoms with van der Waals surface area (Å²) in [6.07, 6.45) is 3.08. The first-order valence-corrected chi connectivity index (χ1v) is 5.75. The molecule has 0 unspecified atom stereocenters. The molecule has 0 fully saturated rings. The van der Waals surface area contributed by atoms with Crippen molar-refractivity contribution in [2.24, 2.45) is 0 Å². The van der Waals surface area contributed by atoms with Crippen LogP contribution in [0.2, 0.25) is 0 Å². The topological polar surface area (TPSA) is 22.1 Å². The van der Waals surface area contributed by atoms with Gasteiger partial charge in [-0.3, -0.25) is 4.98 Å². The van der Waals surface area contributed by atoms with Crippen LogP contribution in [0.25, 0.3) is 0 Å². The fourth-order valence-corrected chi connectivity index (χ4v) is 2.14. The first-order valence-electron chi connectivity index (χ1n) is 5.75. The van der Waals surface area contributed by atoms with Gasteiger partial charge >= 0.3 is 0 Å². The van der Waals surface area contributed by atoms with Crippen molar-refractivity contribution < 1.29 is 4.74 Å². The molecule has 82 valence electrons. The highest BCUT2D eigenvalue weighted by atomic mass is 16.5. The summed E-state index contributed by atoms with van der Waals surface area (Å²) in [5.41, 5.74) is 3.86. The van der Waals surface area contributed by atoms with Gasteiger partial charge in [0.15, 0.2) is 0 Å². The van der Waals surface area contributed by atoms with Gasteiger partial charge in [-0.25, -0.2) is 0 Å². The second-order valence-corrected chi connectivity index (χ2v) is 4.81. The SMILES string of the molecule is CC(C)c1cnc(C(C)C)c2c1CCO2. The number of fused-ring (bicyclic) bond motifs is 1. The van der Waals surface area contributed by atoms with E-state index in [2.05, 4.69) is 32.7 Å². The maximum Gasteiger partial charge on any atom is 0.144 e. The van der Waals surface area contributed by atoms with Crippen LogP contribution in [0.4, 0.5) is 0 Å². The summed E-state index contributed by atoms with van der Waals surface area (Å²) in [4.78, 5) is 4.55. The van der Waals surface area contributed by atoms with E-state index in [4.69, 9.17) is 4.74 Å². The molecule has 0 bridgehead atoms. The Labute approximate surface area is 91.7 Å². The van der Waals surface area contributed by atoms with E-state index in [1.165, 1.54) is 11.1 Å². The Hall–Kier alpha value is -1.05. The van der Waals surface area contributed by atoms with Gasteiger partial charge in [0, 0.05) is 18.2 Å². The van der Waals surface area contributed by atoms with Gasteiger partial charge < -0.3 is 4.74 Å². The quantitative estimate of drug-likeness (QED) is 0.739. The van der Waals surface area contributed by atoms with Crippen molar-refractivity contribution in [3.8, 4) is 5.75 Å². The van der Waals surface area contributed by atoms with Crippen molar-refractivity contribution >= 4 is 0 Å². The Bertz CT molecular complexity index is 334. The largest absolute Gasteiger partial charge is 0.491 e. The van der Waals surface area contributed by atoms with Crippen molar-refractivity contribution in [1.82, 2.24) is 4.98 Å². The van der Waals surface area contributed by atoms with E-state index < -0.39 is 0 Å². The first-order chi connectivity index (χ1) is 7.11. The third-order valence-corrected chi connectivity index (χ3v) is 2.97. The molecule has 0 spiro atoms. The summed E-state index contributed by atoms with van der Waals surface area (Å²) in [5.74, 6) is 2.04. The minimum absolute atomic E-state index is 0.443. The number of nitrogens with zero attached hydrogens (tertiary/aromatic N) is 1. The standard InChI is InChI=1S/C13H19NO/c1-8(2)11-7-14-12(9(3)4)13-10(11)5-6-15-13/h7-9H,5-6H2,1-4H3. The molecule has 0 radical (unpaired) electrons. The molecule has 0 N–H and O–H groups in total. The Kier molecular flexibility index (Phi) is 2.68. The molecule has 2 heteroatoms. The first kappa shape index (κ1) is 10.5. The molecule has 2 heterocycles. The number of aromatic nitrogens is 1. The highest BCUT2D eigenvalue weighted by molar-refractivity contribution is 5.47. The number of pyridine rings is 1. The maximum atomic E-state index is 5.72. The average molecular weight is 205 g/mol. The molecule has 0 aromatic carbocycles. The monoisotopic (exact) mass is 205 g/mol. The minimum atomic E-state index is 0.443. The zero-order chi connectivity index (χ0) is 11.0. The molecule has 1 aliphatic heterocycles. The summed E-state index contributed by atoms with van der Waals surface area (Å²) in [7, 11) is 0. The van der Waals surface area contributed by atoms with Gasteiger partial charge in [-0.05, 0) is 17.4 Å². The second kappa shape index (κ2) is 3.84. The van der Waals surface area contributed by atoms with Crippen molar-refractivity contribution in [1.29, 1.82) is 0 Å². The van der Waals surface area contributed by atoms with Crippen molar-refractivity contribution in [3.63, 3.8) is 0 Å². The zero-order valence-corrected chi connectivity index (χ0v) is 10.0. The van der Waals surface area contributed by atoms with Crippen molar-refractivity contribution in [2.45, 2.75) is 46.0 Å². The molecular weight excluding hydrogens is 186 g/mol. The molecule has 2 nitrogen and oxygen atoms in total. The Balaban J connectivity index is 2.54. The van der Waals surface area contributed by atoms with Crippen LogP contribution >= 0.6 is 0 Å². The molecule has 0 aliphatic carbocycles. The van der Waals surface area contributed by atoms with Crippen molar-refractivity contribution in [3.05, 3.63) is 23.0 Å². The van der Waals surface area contributed by atoms with Crippen LogP contribution < -0.4 is 4.74 Å². The van der Waals surface area contributed by atoms with Gasteiger partial charge in [-0.2, -0.15) is 0 Å². The molecule has 0 atom stereocenters. The summed E-state index contributed by atoms with van der Waals surface area (Å²) in [6, 6.07) is 0. The lowest BCUT2D eigenvalue weighted by molar-refractivity contribution is 0.350. The van der Waals surface area contributed by atoms with E-state index >= 15 is 0 Å². The van der Waals surface area contributed by atoms with Crippen LogP contribution in [0.15, 0.2) is 6.20 Å². The van der Waals surface area contributed by atoms with Gasteiger partial charge in [0.05, 0.1) is 12.3 Å². The zero-order valence-electron chi connectivity index (χ0n) is 10.0. The molecule has 0 saturated heterocycles. The van der Waals surface area contributed by atoms with Crippen LogP contribution in [0.3, 0.4) is 0 Å². The van der Waals surface area contributed by atoms with Gasteiger partial charge in [0.2, 0.25) is 0 Å². The summed E-state index contributed by atoms with van der Waals surface area (Å²) in [5, 5.41) is 0. The molecule has 1 aromatic rings. The fourth-order valence-electron chi connectivity index (χ4n) is 2.14. The molecule has 0 saturated carbocycles. The summed E-state index contributed by atoms with van der Waals surface area (Å²) >= 11 is 0. The van der Waals surface area contributed by atoms with E-state index in [-0.39, 0.29) is 0 Å². The predicted octanol–water partition coefficient (Wildman–Crippen LogP) is 3.26. The third-order valence-electron chi connectivity index (χ3n) is 2.97. The molecular formula is C13H19NO. The van der Waals surface area contributed by atoms with Gasteiger partial charge in [0.1, 0.15) is 5.75 Å². The lowest BCUT2D eigenvalue weighted by Crippen LogP contribution is -2.01. The predicted molar refractivity (Wildman–Crippen MR) is 61.6 cm³/mol. The lowest BCUT2D eigenvalue weighted by atomic mass is 9.95. The molecule has 1 aromatic heterocycles. The van der Waals surface area contributed by atoms with Crippen LogP contribution in [0.5, 0.6) is 5.75 Å². The Morgan fingerprint density at radius 1 is 1.20 bits per heavy atom. The van der Waals surface area contributed by atoms with Crippen molar-refractivity contribution in [2.75, 3.05) is 6.61 Å². The van der Waals surface area contributed by atoms with Gasteiger partial charge in [-0.15, -0.1) is 0 Å². The molecule has 0 amide bonds. The highest BCUT2D eigenvalue weighted by Crippen LogP contribution is 2.37. The smallest absolute Gasteiger partial charge is 0.144 e. The van der Waals surface area contributed by atoms with Crippen LogP contribution in [-0.4, -0.2) is 11.6 Å². The maximum absolute atomic E-state index is 5.72. The fraction of sp³-hybridized carbons (Fsp3) is 0.615.